The molecule has 0 fully saturated rings. The second kappa shape index (κ2) is 6.85. The lowest BCUT2D eigenvalue weighted by atomic mass is 9.88. The van der Waals surface area contributed by atoms with Crippen LogP contribution < -0.4 is 0 Å². The molecule has 0 aliphatic heterocycles. The van der Waals surface area contributed by atoms with Crippen molar-refractivity contribution in [2.24, 2.45) is 5.92 Å². The second-order valence-electron chi connectivity index (χ2n) is 4.99. The fraction of sp³-hybridized carbons (Fsp3) is 0.500. The van der Waals surface area contributed by atoms with E-state index >= 15 is 0 Å². The van der Waals surface area contributed by atoms with Gasteiger partial charge in [0, 0.05) is 20.1 Å². The molecule has 0 spiro atoms. The first-order valence-electron chi connectivity index (χ1n) is 6.72. The molecule has 1 N–H and O–H groups in total. The van der Waals surface area contributed by atoms with Crippen LogP contribution in [0.25, 0.3) is 0 Å². The van der Waals surface area contributed by atoms with E-state index in [1.54, 1.807) is 7.11 Å². The Bertz CT molecular complexity index is 429. The summed E-state index contributed by atoms with van der Waals surface area (Å²) in [5.41, 5.74) is 3.58. The molecule has 2 aliphatic rings. The molecule has 2 rings (SSSR count). The highest BCUT2D eigenvalue weighted by molar-refractivity contribution is 5.45. The molecule has 104 valence electrons. The van der Waals surface area contributed by atoms with Gasteiger partial charge >= 0.3 is 0 Å². The average Bonchev–Trinajstić information content (AvgIpc) is 2.48. The lowest BCUT2D eigenvalue weighted by Gasteiger charge is -2.21. The summed E-state index contributed by atoms with van der Waals surface area (Å²) in [7, 11) is 3.26. The minimum absolute atomic E-state index is 0.499. The zero-order valence-electron chi connectivity index (χ0n) is 11.6. The molecule has 0 aromatic rings. The number of rotatable bonds is 5. The third-order valence-electron chi connectivity index (χ3n) is 3.66. The predicted molar refractivity (Wildman–Crippen MR) is 75.6 cm³/mol. The van der Waals surface area contributed by atoms with Gasteiger partial charge in [-0.3, -0.25) is 0 Å². The molecule has 0 saturated heterocycles. The molecule has 2 atom stereocenters. The van der Waals surface area contributed by atoms with Crippen LogP contribution in [0.3, 0.4) is 0 Å². The monoisotopic (exact) mass is 262 g/mol. The molecule has 0 bridgehead atoms. The number of ether oxygens (including phenoxy) is 2. The van der Waals surface area contributed by atoms with E-state index < -0.39 is 6.29 Å². The van der Waals surface area contributed by atoms with Crippen LogP contribution in [0.5, 0.6) is 0 Å². The minimum Gasteiger partial charge on any atom is -0.384 e. The molecule has 3 heteroatoms. The molecule has 2 aliphatic carbocycles. The summed E-state index contributed by atoms with van der Waals surface area (Å²) in [6, 6.07) is 0. The minimum atomic E-state index is -0.764. The van der Waals surface area contributed by atoms with E-state index in [-0.39, 0.29) is 0 Å². The highest BCUT2D eigenvalue weighted by atomic mass is 16.6. The van der Waals surface area contributed by atoms with Gasteiger partial charge in [-0.25, -0.2) is 0 Å². The van der Waals surface area contributed by atoms with Gasteiger partial charge in [-0.05, 0) is 36.0 Å². The lowest BCUT2D eigenvalue weighted by molar-refractivity contribution is -0.0467. The molecule has 0 aromatic heterocycles. The van der Waals surface area contributed by atoms with Gasteiger partial charge in [0.05, 0.1) is 6.61 Å². The highest BCUT2D eigenvalue weighted by Gasteiger charge is 2.16. The van der Waals surface area contributed by atoms with Crippen molar-refractivity contribution in [3.05, 3.63) is 47.1 Å². The normalized spacial score (nSPS) is 24.6. The number of aliphatic hydroxyl groups excluding tert-OH is 1. The van der Waals surface area contributed by atoms with Gasteiger partial charge in [-0.2, -0.15) is 0 Å². The summed E-state index contributed by atoms with van der Waals surface area (Å²) in [6.45, 7) is 0.781. The smallest absolute Gasteiger partial charge is 0.177 e. The van der Waals surface area contributed by atoms with E-state index in [0.717, 1.165) is 31.4 Å². The summed E-state index contributed by atoms with van der Waals surface area (Å²) in [4.78, 5) is 0. The first kappa shape index (κ1) is 14.3. The van der Waals surface area contributed by atoms with E-state index in [1.807, 2.05) is 6.08 Å². The number of methoxy groups -OCH3 is 2. The number of allylic oxidation sites excluding steroid dienone is 6. The third kappa shape index (κ3) is 3.66. The molecular formula is C16H22O3. The van der Waals surface area contributed by atoms with Crippen molar-refractivity contribution >= 4 is 0 Å². The molecule has 3 nitrogen and oxygen atoms in total. The van der Waals surface area contributed by atoms with E-state index in [4.69, 9.17) is 9.47 Å². The number of hydrogen-bond acceptors (Lipinski definition) is 3. The topological polar surface area (TPSA) is 38.7 Å². The molecule has 0 aromatic carbocycles. The lowest BCUT2D eigenvalue weighted by Crippen LogP contribution is -2.14. The summed E-state index contributed by atoms with van der Waals surface area (Å²) >= 11 is 0. The Morgan fingerprint density at radius 2 is 2.16 bits per heavy atom. The van der Waals surface area contributed by atoms with Crippen molar-refractivity contribution in [3.63, 3.8) is 0 Å². The Hall–Kier alpha value is -1.16. The zero-order valence-corrected chi connectivity index (χ0v) is 11.6. The molecule has 0 radical (unpaired) electrons. The Kier molecular flexibility index (Phi) is 5.14. The molecule has 0 amide bonds. The Balaban J connectivity index is 2.00. The summed E-state index contributed by atoms with van der Waals surface area (Å²) in [6.07, 6.45) is 12.8. The van der Waals surface area contributed by atoms with Gasteiger partial charge in [0.1, 0.15) is 0 Å². The van der Waals surface area contributed by atoms with Crippen molar-refractivity contribution < 1.29 is 14.6 Å². The quantitative estimate of drug-likeness (QED) is 0.774. The SMILES string of the molecule is COCC1C=CC(C2=CC=C(C(O)OC)CC2)=CC1. The molecular weight excluding hydrogens is 240 g/mol. The zero-order chi connectivity index (χ0) is 13.7. The second-order valence-corrected chi connectivity index (χ2v) is 4.99. The van der Waals surface area contributed by atoms with Gasteiger partial charge < -0.3 is 14.6 Å². The summed E-state index contributed by atoms with van der Waals surface area (Å²) < 4.78 is 10.1. The van der Waals surface area contributed by atoms with Gasteiger partial charge in [-0.1, -0.05) is 30.4 Å². The number of aliphatic hydroxyl groups is 1. The van der Waals surface area contributed by atoms with E-state index in [2.05, 4.69) is 24.3 Å². The van der Waals surface area contributed by atoms with Crippen LogP contribution in [0.2, 0.25) is 0 Å². The van der Waals surface area contributed by atoms with Crippen molar-refractivity contribution in [2.45, 2.75) is 25.6 Å². The fourth-order valence-electron chi connectivity index (χ4n) is 2.49. The standard InChI is InChI=1S/C16H22O3/c1-18-11-12-3-5-13(6-4-12)14-7-9-15(10-8-14)16(17)19-2/h3,5-7,9,12,16-17H,4,8,10-11H2,1-2H3. The van der Waals surface area contributed by atoms with Gasteiger partial charge in [0.2, 0.25) is 0 Å². The van der Waals surface area contributed by atoms with E-state index in [0.29, 0.717) is 5.92 Å². The maximum atomic E-state index is 9.61. The van der Waals surface area contributed by atoms with Crippen LogP contribution in [-0.4, -0.2) is 32.2 Å². The third-order valence-corrected chi connectivity index (χ3v) is 3.66. The first-order valence-corrected chi connectivity index (χ1v) is 6.72. The molecule has 19 heavy (non-hydrogen) atoms. The predicted octanol–water partition coefficient (Wildman–Crippen LogP) is 2.75. The van der Waals surface area contributed by atoms with Crippen LogP contribution in [0, 0.1) is 5.92 Å². The summed E-state index contributed by atoms with van der Waals surface area (Å²) in [5, 5.41) is 9.61. The van der Waals surface area contributed by atoms with Crippen molar-refractivity contribution in [1.82, 2.24) is 0 Å². The average molecular weight is 262 g/mol. The fourth-order valence-corrected chi connectivity index (χ4v) is 2.49. The Labute approximate surface area is 114 Å². The van der Waals surface area contributed by atoms with E-state index in [1.165, 1.54) is 18.3 Å². The summed E-state index contributed by atoms with van der Waals surface area (Å²) in [5.74, 6) is 0.499. The van der Waals surface area contributed by atoms with Crippen LogP contribution >= 0.6 is 0 Å². The Morgan fingerprint density at radius 3 is 2.68 bits per heavy atom. The number of hydrogen-bond donors (Lipinski definition) is 1. The largest absolute Gasteiger partial charge is 0.384 e. The van der Waals surface area contributed by atoms with Crippen molar-refractivity contribution in [2.75, 3.05) is 20.8 Å². The van der Waals surface area contributed by atoms with Crippen LogP contribution in [-0.2, 0) is 9.47 Å². The van der Waals surface area contributed by atoms with E-state index in [9.17, 15) is 5.11 Å². The van der Waals surface area contributed by atoms with Crippen molar-refractivity contribution in [3.8, 4) is 0 Å². The molecule has 0 saturated carbocycles. The van der Waals surface area contributed by atoms with Crippen LogP contribution in [0.1, 0.15) is 19.3 Å². The molecule has 2 unspecified atom stereocenters. The van der Waals surface area contributed by atoms with Crippen LogP contribution in [0.15, 0.2) is 47.1 Å². The molecule has 0 heterocycles. The first-order chi connectivity index (χ1) is 9.24. The maximum absolute atomic E-state index is 9.61. The van der Waals surface area contributed by atoms with Gasteiger partial charge in [-0.15, -0.1) is 0 Å². The Morgan fingerprint density at radius 1 is 1.32 bits per heavy atom. The maximum Gasteiger partial charge on any atom is 0.177 e. The highest BCUT2D eigenvalue weighted by Crippen LogP contribution is 2.29. The van der Waals surface area contributed by atoms with Gasteiger partial charge in [0.15, 0.2) is 6.29 Å². The van der Waals surface area contributed by atoms with Crippen molar-refractivity contribution in [1.29, 1.82) is 0 Å². The van der Waals surface area contributed by atoms with Crippen LogP contribution in [0.4, 0.5) is 0 Å². The van der Waals surface area contributed by atoms with Gasteiger partial charge in [0.25, 0.3) is 0 Å².